The van der Waals surface area contributed by atoms with E-state index in [1.54, 1.807) is 23.9 Å². The summed E-state index contributed by atoms with van der Waals surface area (Å²) >= 11 is 7.47. The highest BCUT2D eigenvalue weighted by molar-refractivity contribution is 7.99. The van der Waals surface area contributed by atoms with Crippen molar-refractivity contribution in [3.8, 4) is 0 Å². The molecule has 24 heavy (non-hydrogen) atoms. The Morgan fingerprint density at radius 1 is 1.21 bits per heavy atom. The summed E-state index contributed by atoms with van der Waals surface area (Å²) in [5.74, 6) is 0.0343. The summed E-state index contributed by atoms with van der Waals surface area (Å²) in [6, 6.07) is 14.8. The minimum Gasteiger partial charge on any atom is -0.448 e. The quantitative estimate of drug-likeness (QED) is 0.504. The molecular formula is C18H16ClNO3S. The molecule has 0 spiro atoms. The van der Waals surface area contributed by atoms with Crippen molar-refractivity contribution in [2.75, 3.05) is 12.3 Å². The molecule has 2 aromatic rings. The van der Waals surface area contributed by atoms with Crippen LogP contribution in [-0.2, 0) is 16.0 Å². The van der Waals surface area contributed by atoms with E-state index in [0.717, 1.165) is 16.2 Å². The molecule has 6 heteroatoms. The zero-order valence-electron chi connectivity index (χ0n) is 12.8. The number of hydrogen-bond acceptors (Lipinski definition) is 4. The van der Waals surface area contributed by atoms with Gasteiger partial charge in [-0.15, -0.1) is 11.8 Å². The molecular weight excluding hydrogens is 346 g/mol. The van der Waals surface area contributed by atoms with E-state index < -0.39 is 12.1 Å². The molecule has 1 amide bonds. The fourth-order valence-electron chi connectivity index (χ4n) is 2.47. The van der Waals surface area contributed by atoms with Gasteiger partial charge >= 0.3 is 5.97 Å². The van der Waals surface area contributed by atoms with Crippen LogP contribution in [0.25, 0.3) is 0 Å². The van der Waals surface area contributed by atoms with E-state index in [-0.39, 0.29) is 5.91 Å². The Balaban J connectivity index is 1.47. The lowest BCUT2D eigenvalue weighted by atomic mass is 9.98. The van der Waals surface area contributed by atoms with Crippen LogP contribution in [0.2, 0.25) is 5.02 Å². The van der Waals surface area contributed by atoms with Gasteiger partial charge in [-0.3, -0.25) is 4.79 Å². The van der Waals surface area contributed by atoms with Crippen molar-refractivity contribution in [3.05, 3.63) is 64.7 Å². The summed E-state index contributed by atoms with van der Waals surface area (Å²) in [6.07, 6.45) is -0.342. The lowest BCUT2D eigenvalue weighted by Crippen LogP contribution is -2.42. The number of hydrogen-bond donors (Lipinski definition) is 1. The Hall–Kier alpha value is -1.98. The summed E-state index contributed by atoms with van der Waals surface area (Å²) in [5, 5.41) is 3.52. The Kier molecular flexibility index (Phi) is 5.43. The smallest absolute Gasteiger partial charge is 0.339 e. The SMILES string of the molecule is O=C1O[C@H](C(=O)NCCSc2ccc(Cl)cc2)Cc2ccccc21. The highest BCUT2D eigenvalue weighted by Crippen LogP contribution is 2.21. The maximum absolute atomic E-state index is 12.2. The Morgan fingerprint density at radius 2 is 1.96 bits per heavy atom. The fourth-order valence-corrected chi connectivity index (χ4v) is 3.36. The van der Waals surface area contributed by atoms with Gasteiger partial charge in [-0.2, -0.15) is 0 Å². The summed E-state index contributed by atoms with van der Waals surface area (Å²) in [6.45, 7) is 0.502. The number of halogens is 1. The van der Waals surface area contributed by atoms with Gasteiger partial charge in [0.25, 0.3) is 5.91 Å². The van der Waals surface area contributed by atoms with E-state index in [9.17, 15) is 9.59 Å². The maximum Gasteiger partial charge on any atom is 0.339 e. The predicted molar refractivity (Wildman–Crippen MR) is 94.5 cm³/mol. The van der Waals surface area contributed by atoms with E-state index in [1.807, 2.05) is 36.4 Å². The third-order valence-electron chi connectivity index (χ3n) is 3.67. The zero-order valence-corrected chi connectivity index (χ0v) is 14.4. The molecule has 2 aromatic carbocycles. The first-order valence-electron chi connectivity index (χ1n) is 7.58. The van der Waals surface area contributed by atoms with Crippen molar-refractivity contribution in [1.82, 2.24) is 5.32 Å². The van der Waals surface area contributed by atoms with Crippen LogP contribution in [0.4, 0.5) is 0 Å². The molecule has 1 aliphatic rings. The second-order valence-corrected chi connectivity index (χ2v) is 6.95. The molecule has 0 saturated heterocycles. The molecule has 0 bridgehead atoms. The van der Waals surface area contributed by atoms with E-state index in [1.165, 1.54) is 0 Å². The van der Waals surface area contributed by atoms with Gasteiger partial charge in [0.1, 0.15) is 0 Å². The van der Waals surface area contributed by atoms with Gasteiger partial charge in [0, 0.05) is 28.6 Å². The third-order valence-corrected chi connectivity index (χ3v) is 4.93. The molecule has 1 heterocycles. The number of thioether (sulfide) groups is 1. The minimum atomic E-state index is -0.757. The first-order chi connectivity index (χ1) is 11.6. The summed E-state index contributed by atoms with van der Waals surface area (Å²) < 4.78 is 5.23. The number of amides is 1. The highest BCUT2D eigenvalue weighted by Gasteiger charge is 2.30. The maximum atomic E-state index is 12.2. The van der Waals surface area contributed by atoms with E-state index in [0.29, 0.717) is 23.6 Å². The van der Waals surface area contributed by atoms with Crippen LogP contribution in [-0.4, -0.2) is 30.3 Å². The lowest BCUT2D eigenvalue weighted by Gasteiger charge is -2.23. The average molecular weight is 362 g/mol. The topological polar surface area (TPSA) is 55.4 Å². The van der Waals surface area contributed by atoms with Crippen LogP contribution >= 0.6 is 23.4 Å². The Bertz CT molecular complexity index is 748. The molecule has 3 rings (SSSR count). The number of cyclic esters (lactones) is 1. The van der Waals surface area contributed by atoms with Gasteiger partial charge in [-0.1, -0.05) is 29.8 Å². The number of nitrogens with one attached hydrogen (secondary N) is 1. The van der Waals surface area contributed by atoms with Crippen LogP contribution in [0, 0.1) is 0 Å². The molecule has 0 fully saturated rings. The van der Waals surface area contributed by atoms with Gasteiger partial charge < -0.3 is 10.1 Å². The van der Waals surface area contributed by atoms with Gasteiger partial charge in [-0.25, -0.2) is 4.79 Å². The largest absolute Gasteiger partial charge is 0.448 e. The normalized spacial score (nSPS) is 16.2. The molecule has 0 saturated carbocycles. The average Bonchev–Trinajstić information content (AvgIpc) is 2.60. The second kappa shape index (κ2) is 7.73. The van der Waals surface area contributed by atoms with E-state index >= 15 is 0 Å². The number of carbonyl (C=O) groups excluding carboxylic acids is 2. The molecule has 4 nitrogen and oxygen atoms in total. The molecule has 0 unspecified atom stereocenters. The number of rotatable bonds is 5. The molecule has 124 valence electrons. The number of ether oxygens (including phenoxy) is 1. The monoisotopic (exact) mass is 361 g/mol. The molecule has 1 N–H and O–H groups in total. The third kappa shape index (κ3) is 4.10. The minimum absolute atomic E-state index is 0.255. The van der Waals surface area contributed by atoms with Gasteiger partial charge in [0.15, 0.2) is 6.10 Å². The van der Waals surface area contributed by atoms with Crippen molar-refractivity contribution in [2.45, 2.75) is 17.4 Å². The number of benzene rings is 2. The number of carbonyl (C=O) groups is 2. The van der Waals surface area contributed by atoms with Crippen LogP contribution in [0.5, 0.6) is 0 Å². The van der Waals surface area contributed by atoms with E-state index in [4.69, 9.17) is 16.3 Å². The van der Waals surface area contributed by atoms with Gasteiger partial charge in [-0.05, 0) is 35.9 Å². The highest BCUT2D eigenvalue weighted by atomic mass is 35.5. The Labute approximate surface area is 149 Å². The van der Waals surface area contributed by atoms with Crippen LogP contribution in [0.15, 0.2) is 53.4 Å². The van der Waals surface area contributed by atoms with Crippen molar-refractivity contribution in [3.63, 3.8) is 0 Å². The van der Waals surface area contributed by atoms with Crippen molar-refractivity contribution in [1.29, 1.82) is 0 Å². The van der Waals surface area contributed by atoms with Crippen LogP contribution < -0.4 is 5.32 Å². The van der Waals surface area contributed by atoms with Gasteiger partial charge in [0.05, 0.1) is 5.56 Å². The van der Waals surface area contributed by atoms with Crippen molar-refractivity contribution in [2.24, 2.45) is 0 Å². The molecule has 1 atom stereocenters. The molecule has 0 radical (unpaired) electrons. The summed E-state index contributed by atoms with van der Waals surface area (Å²) in [7, 11) is 0. The van der Waals surface area contributed by atoms with Gasteiger partial charge in [0.2, 0.25) is 0 Å². The Morgan fingerprint density at radius 3 is 2.75 bits per heavy atom. The van der Waals surface area contributed by atoms with Crippen molar-refractivity contribution >= 4 is 35.2 Å². The van der Waals surface area contributed by atoms with Crippen LogP contribution in [0.3, 0.4) is 0 Å². The summed E-state index contributed by atoms with van der Waals surface area (Å²) in [4.78, 5) is 25.2. The molecule has 0 aliphatic carbocycles. The fraction of sp³-hybridized carbons (Fsp3) is 0.222. The molecule has 1 aliphatic heterocycles. The summed E-state index contributed by atoms with van der Waals surface area (Å²) in [5.41, 5.74) is 1.39. The van der Waals surface area contributed by atoms with Crippen molar-refractivity contribution < 1.29 is 14.3 Å². The predicted octanol–water partition coefficient (Wildman–Crippen LogP) is 3.33. The lowest BCUT2D eigenvalue weighted by molar-refractivity contribution is -0.130. The van der Waals surface area contributed by atoms with Crippen LogP contribution in [0.1, 0.15) is 15.9 Å². The zero-order chi connectivity index (χ0) is 16.9. The first kappa shape index (κ1) is 16.9. The first-order valence-corrected chi connectivity index (χ1v) is 8.95. The molecule has 0 aromatic heterocycles. The number of fused-ring (bicyclic) bond motifs is 1. The second-order valence-electron chi connectivity index (χ2n) is 5.35. The number of esters is 1. The standard InChI is InChI=1S/C18H16ClNO3S/c19-13-5-7-14(8-6-13)24-10-9-20-17(21)16-11-12-3-1-2-4-15(12)18(22)23-16/h1-8,16H,9-11H2,(H,20,21)/t16-/m0/s1. The van der Waals surface area contributed by atoms with E-state index in [2.05, 4.69) is 5.32 Å².